The predicted octanol–water partition coefficient (Wildman–Crippen LogP) is 2.30. The standard InChI is InChI=1S/C13H19NO3/c1-4-12(13(15)16-5-2)17-10-7-6-9(3)11(14)8-10/h6-8,12H,4-5,14H2,1-3H3. The van der Waals surface area contributed by atoms with Crippen LogP contribution in [0.3, 0.4) is 0 Å². The van der Waals surface area contributed by atoms with E-state index in [2.05, 4.69) is 0 Å². The molecule has 2 N–H and O–H groups in total. The highest BCUT2D eigenvalue weighted by Crippen LogP contribution is 2.21. The van der Waals surface area contributed by atoms with Crippen molar-refractivity contribution in [2.45, 2.75) is 33.3 Å². The van der Waals surface area contributed by atoms with Crippen LogP contribution in [0.4, 0.5) is 5.69 Å². The van der Waals surface area contributed by atoms with Gasteiger partial charge in [0.1, 0.15) is 5.75 Å². The topological polar surface area (TPSA) is 61.5 Å². The molecule has 1 aromatic rings. The van der Waals surface area contributed by atoms with Crippen LogP contribution < -0.4 is 10.5 Å². The molecule has 4 heteroatoms. The Balaban J connectivity index is 2.73. The zero-order valence-electron chi connectivity index (χ0n) is 10.5. The van der Waals surface area contributed by atoms with E-state index in [9.17, 15) is 4.79 Å². The number of ether oxygens (including phenoxy) is 2. The fourth-order valence-electron chi connectivity index (χ4n) is 1.39. The summed E-state index contributed by atoms with van der Waals surface area (Å²) in [4.78, 5) is 11.6. The molecule has 0 spiro atoms. The number of rotatable bonds is 5. The van der Waals surface area contributed by atoms with Gasteiger partial charge in [-0.1, -0.05) is 13.0 Å². The van der Waals surface area contributed by atoms with Crippen molar-refractivity contribution >= 4 is 11.7 Å². The van der Waals surface area contributed by atoms with Crippen LogP contribution in [-0.2, 0) is 9.53 Å². The third kappa shape index (κ3) is 3.66. The van der Waals surface area contributed by atoms with Crippen LogP contribution in [0.1, 0.15) is 25.8 Å². The zero-order chi connectivity index (χ0) is 12.8. The first-order valence-corrected chi connectivity index (χ1v) is 5.77. The number of aryl methyl sites for hydroxylation is 1. The maximum Gasteiger partial charge on any atom is 0.347 e. The SMILES string of the molecule is CCOC(=O)C(CC)Oc1ccc(C)c(N)c1. The number of carbonyl (C=O) groups excluding carboxylic acids is 1. The van der Waals surface area contributed by atoms with Gasteiger partial charge in [-0.25, -0.2) is 4.79 Å². The lowest BCUT2D eigenvalue weighted by Crippen LogP contribution is -2.28. The van der Waals surface area contributed by atoms with Gasteiger partial charge >= 0.3 is 5.97 Å². The zero-order valence-corrected chi connectivity index (χ0v) is 10.5. The summed E-state index contributed by atoms with van der Waals surface area (Å²) in [5.74, 6) is 0.252. The fourth-order valence-corrected chi connectivity index (χ4v) is 1.39. The molecule has 1 atom stereocenters. The molecule has 0 saturated carbocycles. The molecule has 0 radical (unpaired) electrons. The Morgan fingerprint density at radius 1 is 1.41 bits per heavy atom. The van der Waals surface area contributed by atoms with Crippen LogP contribution >= 0.6 is 0 Å². The summed E-state index contributed by atoms with van der Waals surface area (Å²) in [6.07, 6.45) is -0.0101. The molecule has 0 amide bonds. The van der Waals surface area contributed by atoms with E-state index in [1.54, 1.807) is 19.1 Å². The van der Waals surface area contributed by atoms with Crippen LogP contribution in [-0.4, -0.2) is 18.7 Å². The molecule has 94 valence electrons. The van der Waals surface area contributed by atoms with Gasteiger partial charge in [-0.2, -0.15) is 0 Å². The van der Waals surface area contributed by atoms with Gasteiger partial charge in [-0.3, -0.25) is 0 Å². The number of nitrogens with two attached hydrogens (primary N) is 1. The van der Waals surface area contributed by atoms with Gasteiger partial charge in [0, 0.05) is 11.8 Å². The maximum absolute atomic E-state index is 11.6. The normalized spacial score (nSPS) is 11.9. The molecule has 1 unspecified atom stereocenters. The van der Waals surface area contributed by atoms with Crippen LogP contribution in [0.2, 0.25) is 0 Å². The van der Waals surface area contributed by atoms with E-state index >= 15 is 0 Å². The number of nitrogen functional groups attached to an aromatic ring is 1. The molecule has 0 saturated heterocycles. The minimum Gasteiger partial charge on any atom is -0.479 e. The first-order chi connectivity index (χ1) is 8.08. The molecule has 0 bridgehead atoms. The van der Waals surface area contributed by atoms with Gasteiger partial charge in [0.2, 0.25) is 0 Å². The second kappa shape index (κ2) is 6.13. The van der Waals surface area contributed by atoms with Gasteiger partial charge in [-0.15, -0.1) is 0 Å². The van der Waals surface area contributed by atoms with Crippen LogP contribution in [0.25, 0.3) is 0 Å². The second-order valence-electron chi connectivity index (χ2n) is 3.79. The minimum absolute atomic E-state index is 0.339. The smallest absolute Gasteiger partial charge is 0.347 e. The molecule has 1 aromatic carbocycles. The van der Waals surface area contributed by atoms with E-state index in [0.717, 1.165) is 5.56 Å². The van der Waals surface area contributed by atoms with Gasteiger partial charge in [0.15, 0.2) is 6.10 Å². The number of benzene rings is 1. The molecular weight excluding hydrogens is 218 g/mol. The highest BCUT2D eigenvalue weighted by atomic mass is 16.6. The van der Waals surface area contributed by atoms with Gasteiger partial charge in [0.25, 0.3) is 0 Å². The number of esters is 1. The first kappa shape index (κ1) is 13.4. The van der Waals surface area contributed by atoms with Crippen molar-refractivity contribution < 1.29 is 14.3 Å². The van der Waals surface area contributed by atoms with Crippen molar-refractivity contribution in [2.24, 2.45) is 0 Å². The molecule has 17 heavy (non-hydrogen) atoms. The highest BCUT2D eigenvalue weighted by Gasteiger charge is 2.19. The summed E-state index contributed by atoms with van der Waals surface area (Å²) in [5.41, 5.74) is 7.42. The Kier molecular flexibility index (Phi) is 4.82. The average molecular weight is 237 g/mol. The van der Waals surface area contributed by atoms with E-state index in [1.807, 2.05) is 19.9 Å². The molecule has 0 heterocycles. The Labute approximate surface area is 102 Å². The summed E-state index contributed by atoms with van der Waals surface area (Å²) in [6, 6.07) is 5.38. The van der Waals surface area contributed by atoms with Gasteiger partial charge in [0.05, 0.1) is 6.61 Å². The van der Waals surface area contributed by atoms with Crippen molar-refractivity contribution in [1.82, 2.24) is 0 Å². The van der Waals surface area contributed by atoms with Crippen LogP contribution in [0.5, 0.6) is 5.75 Å². The molecule has 0 fully saturated rings. The largest absolute Gasteiger partial charge is 0.479 e. The van der Waals surface area contributed by atoms with E-state index in [4.69, 9.17) is 15.2 Å². The highest BCUT2D eigenvalue weighted by molar-refractivity contribution is 5.75. The molecule has 0 aliphatic heterocycles. The lowest BCUT2D eigenvalue weighted by atomic mass is 10.2. The first-order valence-electron chi connectivity index (χ1n) is 5.77. The molecule has 4 nitrogen and oxygen atoms in total. The summed E-state index contributed by atoms with van der Waals surface area (Å²) in [5, 5.41) is 0. The van der Waals surface area contributed by atoms with Crippen molar-refractivity contribution in [1.29, 1.82) is 0 Å². The van der Waals surface area contributed by atoms with E-state index in [0.29, 0.717) is 24.5 Å². The molecule has 0 aliphatic rings. The monoisotopic (exact) mass is 237 g/mol. The number of hydrogen-bond acceptors (Lipinski definition) is 4. The Morgan fingerprint density at radius 2 is 2.12 bits per heavy atom. The predicted molar refractivity (Wildman–Crippen MR) is 66.9 cm³/mol. The quantitative estimate of drug-likeness (QED) is 0.630. The lowest BCUT2D eigenvalue weighted by molar-refractivity contribution is -0.151. The third-order valence-electron chi connectivity index (χ3n) is 2.45. The van der Waals surface area contributed by atoms with Gasteiger partial charge < -0.3 is 15.2 Å². The molecular formula is C13H19NO3. The van der Waals surface area contributed by atoms with Crippen LogP contribution in [0.15, 0.2) is 18.2 Å². The van der Waals surface area contributed by atoms with Crippen molar-refractivity contribution in [3.8, 4) is 5.75 Å². The van der Waals surface area contributed by atoms with Crippen molar-refractivity contribution in [3.05, 3.63) is 23.8 Å². The van der Waals surface area contributed by atoms with Crippen LogP contribution in [0, 0.1) is 6.92 Å². The summed E-state index contributed by atoms with van der Waals surface area (Å²) >= 11 is 0. The van der Waals surface area contributed by atoms with Crippen molar-refractivity contribution in [3.63, 3.8) is 0 Å². The van der Waals surface area contributed by atoms with E-state index in [1.165, 1.54) is 0 Å². The number of carbonyl (C=O) groups is 1. The van der Waals surface area contributed by atoms with E-state index in [-0.39, 0.29) is 5.97 Å². The average Bonchev–Trinajstić information content (AvgIpc) is 2.30. The maximum atomic E-state index is 11.6. The summed E-state index contributed by atoms with van der Waals surface area (Å²) < 4.78 is 10.5. The lowest BCUT2D eigenvalue weighted by Gasteiger charge is -2.16. The minimum atomic E-state index is -0.572. The molecule has 0 aliphatic carbocycles. The second-order valence-corrected chi connectivity index (χ2v) is 3.79. The summed E-state index contributed by atoms with van der Waals surface area (Å²) in [6.45, 7) is 5.92. The molecule has 0 aromatic heterocycles. The third-order valence-corrected chi connectivity index (χ3v) is 2.45. The Bertz CT molecular complexity index is 390. The summed E-state index contributed by atoms with van der Waals surface area (Å²) in [7, 11) is 0. The van der Waals surface area contributed by atoms with Gasteiger partial charge in [-0.05, 0) is 31.9 Å². The van der Waals surface area contributed by atoms with Crippen molar-refractivity contribution in [2.75, 3.05) is 12.3 Å². The fraction of sp³-hybridized carbons (Fsp3) is 0.462. The number of anilines is 1. The Morgan fingerprint density at radius 3 is 2.65 bits per heavy atom. The van der Waals surface area contributed by atoms with E-state index < -0.39 is 6.10 Å². The number of hydrogen-bond donors (Lipinski definition) is 1. The molecule has 1 rings (SSSR count). The Hall–Kier alpha value is -1.71.